The van der Waals surface area contributed by atoms with E-state index >= 15 is 0 Å². The highest BCUT2D eigenvalue weighted by molar-refractivity contribution is 8.18. The molecule has 0 aliphatic carbocycles. The van der Waals surface area contributed by atoms with E-state index in [0.29, 0.717) is 27.3 Å². The molecule has 156 valence electrons. The summed E-state index contributed by atoms with van der Waals surface area (Å²) in [5.41, 5.74) is 2.50. The smallest absolute Gasteiger partial charge is 0.293 e. The van der Waals surface area contributed by atoms with Crippen LogP contribution in [-0.2, 0) is 17.9 Å². The molecule has 4 nitrogen and oxygen atoms in total. The Bertz CT molecular complexity index is 1160. The molecule has 0 unspecified atom stereocenters. The van der Waals surface area contributed by atoms with Crippen molar-refractivity contribution >= 4 is 52.2 Å². The molecule has 0 N–H and O–H groups in total. The molecule has 1 saturated heterocycles. The monoisotopic (exact) mass is 469 g/mol. The van der Waals surface area contributed by atoms with E-state index in [4.69, 9.17) is 27.9 Å². The molecule has 3 aromatic carbocycles. The molecule has 1 heterocycles. The highest BCUT2D eigenvalue weighted by Crippen LogP contribution is 2.34. The summed E-state index contributed by atoms with van der Waals surface area (Å²) >= 11 is 13.0. The second kappa shape index (κ2) is 9.60. The number of carbonyl (C=O) groups excluding carboxylic acids is 2. The third-order valence-electron chi connectivity index (χ3n) is 4.63. The van der Waals surface area contributed by atoms with Crippen LogP contribution in [0.4, 0.5) is 4.79 Å². The van der Waals surface area contributed by atoms with E-state index in [1.54, 1.807) is 18.2 Å². The first-order valence-electron chi connectivity index (χ1n) is 9.46. The molecule has 0 atom stereocenters. The zero-order valence-corrected chi connectivity index (χ0v) is 18.6. The standard InChI is InChI=1S/C24H17Cl2NO3S/c25-19-10-8-16(9-11-19)15-30-20-6-3-4-17(12-20)13-22-23(28)27(24(29)31-22)14-18-5-1-2-7-21(18)26/h1-13H,14-15H2/b22-13-. The van der Waals surface area contributed by atoms with E-state index in [2.05, 4.69) is 0 Å². The van der Waals surface area contributed by atoms with Gasteiger partial charge in [0, 0.05) is 10.0 Å². The van der Waals surface area contributed by atoms with Gasteiger partial charge in [0.05, 0.1) is 11.4 Å². The molecule has 4 rings (SSSR count). The molecule has 2 amide bonds. The maximum Gasteiger partial charge on any atom is 0.293 e. The lowest BCUT2D eigenvalue weighted by Gasteiger charge is -2.13. The van der Waals surface area contributed by atoms with Gasteiger partial charge in [0.1, 0.15) is 12.4 Å². The summed E-state index contributed by atoms with van der Waals surface area (Å²) in [5.74, 6) is 0.335. The van der Waals surface area contributed by atoms with Crippen LogP contribution in [0.3, 0.4) is 0 Å². The Morgan fingerprint density at radius 1 is 0.935 bits per heavy atom. The number of thioether (sulfide) groups is 1. The van der Waals surface area contributed by atoms with Crippen LogP contribution in [0.5, 0.6) is 5.75 Å². The molecule has 1 fully saturated rings. The van der Waals surface area contributed by atoms with Crippen molar-refractivity contribution in [3.05, 3.63) is 104 Å². The van der Waals surface area contributed by atoms with Gasteiger partial charge in [-0.15, -0.1) is 0 Å². The highest BCUT2D eigenvalue weighted by Gasteiger charge is 2.35. The zero-order valence-electron chi connectivity index (χ0n) is 16.3. The summed E-state index contributed by atoms with van der Waals surface area (Å²) in [5, 5.41) is 0.886. The average molecular weight is 470 g/mol. The van der Waals surface area contributed by atoms with Crippen molar-refractivity contribution < 1.29 is 14.3 Å². The molecule has 0 spiro atoms. The Kier molecular flexibility index (Phi) is 6.66. The van der Waals surface area contributed by atoms with Crippen LogP contribution in [0.2, 0.25) is 10.0 Å². The number of imide groups is 1. The van der Waals surface area contributed by atoms with E-state index < -0.39 is 0 Å². The summed E-state index contributed by atoms with van der Waals surface area (Å²) < 4.78 is 5.84. The van der Waals surface area contributed by atoms with Crippen molar-refractivity contribution in [1.29, 1.82) is 0 Å². The normalized spacial score (nSPS) is 15.0. The van der Waals surface area contributed by atoms with Crippen molar-refractivity contribution in [2.24, 2.45) is 0 Å². The quantitative estimate of drug-likeness (QED) is 0.372. The number of amides is 2. The first kappa shape index (κ1) is 21.5. The molecule has 0 bridgehead atoms. The molecule has 0 radical (unpaired) electrons. The summed E-state index contributed by atoms with van der Waals surface area (Å²) in [4.78, 5) is 26.8. The Balaban J connectivity index is 1.46. The fourth-order valence-electron chi connectivity index (χ4n) is 3.03. The molecular formula is C24H17Cl2NO3S. The summed E-state index contributed by atoms with van der Waals surface area (Å²) in [6, 6.07) is 22.0. The van der Waals surface area contributed by atoms with E-state index in [9.17, 15) is 9.59 Å². The van der Waals surface area contributed by atoms with E-state index in [1.165, 1.54) is 4.90 Å². The number of carbonyl (C=O) groups is 2. The van der Waals surface area contributed by atoms with Gasteiger partial charge in [-0.1, -0.05) is 65.7 Å². The number of ether oxygens (including phenoxy) is 1. The molecule has 1 aliphatic heterocycles. The Morgan fingerprint density at radius 2 is 1.71 bits per heavy atom. The minimum absolute atomic E-state index is 0.145. The summed E-state index contributed by atoms with van der Waals surface area (Å²) in [6.07, 6.45) is 1.70. The zero-order chi connectivity index (χ0) is 21.8. The number of hydrogen-bond donors (Lipinski definition) is 0. The number of halogens is 2. The van der Waals surface area contributed by atoms with Crippen molar-refractivity contribution in [2.45, 2.75) is 13.2 Å². The third-order valence-corrected chi connectivity index (χ3v) is 6.16. The maximum atomic E-state index is 12.8. The lowest BCUT2D eigenvalue weighted by molar-refractivity contribution is -0.123. The summed E-state index contributed by atoms with van der Waals surface area (Å²) in [6.45, 7) is 0.543. The first-order chi connectivity index (χ1) is 15.0. The van der Waals surface area contributed by atoms with E-state index in [1.807, 2.05) is 60.7 Å². The van der Waals surface area contributed by atoms with Crippen LogP contribution < -0.4 is 4.74 Å². The number of rotatable bonds is 6. The number of nitrogens with zero attached hydrogens (tertiary/aromatic N) is 1. The number of benzene rings is 3. The SMILES string of the molecule is O=C1S/C(=C\c2cccc(OCc3ccc(Cl)cc3)c2)C(=O)N1Cc1ccccc1Cl. The predicted molar refractivity (Wildman–Crippen MR) is 125 cm³/mol. The van der Waals surface area contributed by atoms with Gasteiger partial charge >= 0.3 is 0 Å². The highest BCUT2D eigenvalue weighted by atomic mass is 35.5. The van der Waals surface area contributed by atoms with Gasteiger partial charge in [-0.2, -0.15) is 0 Å². The van der Waals surface area contributed by atoms with Gasteiger partial charge in [-0.3, -0.25) is 14.5 Å². The average Bonchev–Trinajstić information content (AvgIpc) is 3.02. The largest absolute Gasteiger partial charge is 0.489 e. The topological polar surface area (TPSA) is 46.6 Å². The second-order valence-electron chi connectivity index (χ2n) is 6.85. The van der Waals surface area contributed by atoms with E-state index in [0.717, 1.165) is 28.5 Å². The number of hydrogen-bond acceptors (Lipinski definition) is 4. The minimum atomic E-state index is -0.331. The minimum Gasteiger partial charge on any atom is -0.489 e. The lowest BCUT2D eigenvalue weighted by atomic mass is 10.2. The maximum absolute atomic E-state index is 12.8. The van der Waals surface area contributed by atoms with E-state index in [-0.39, 0.29) is 17.7 Å². The van der Waals surface area contributed by atoms with Crippen molar-refractivity contribution in [1.82, 2.24) is 4.90 Å². The third kappa shape index (κ3) is 5.31. The Labute approximate surface area is 194 Å². The first-order valence-corrected chi connectivity index (χ1v) is 11.0. The van der Waals surface area contributed by atoms with Gasteiger partial charge in [0.25, 0.3) is 11.1 Å². The van der Waals surface area contributed by atoms with Crippen LogP contribution in [0.1, 0.15) is 16.7 Å². The van der Waals surface area contributed by atoms with Crippen LogP contribution in [-0.4, -0.2) is 16.0 Å². The van der Waals surface area contributed by atoms with Gasteiger partial charge in [-0.25, -0.2) is 0 Å². The molecule has 3 aromatic rings. The molecule has 7 heteroatoms. The Hall–Kier alpha value is -2.73. The summed E-state index contributed by atoms with van der Waals surface area (Å²) in [7, 11) is 0. The fraction of sp³-hybridized carbons (Fsp3) is 0.0833. The molecular weight excluding hydrogens is 453 g/mol. The Morgan fingerprint density at radius 3 is 2.48 bits per heavy atom. The second-order valence-corrected chi connectivity index (χ2v) is 8.68. The van der Waals surface area contributed by atoms with Crippen molar-refractivity contribution in [3.8, 4) is 5.75 Å². The van der Waals surface area contributed by atoms with Gasteiger partial charge in [-0.05, 0) is 64.9 Å². The molecule has 31 heavy (non-hydrogen) atoms. The van der Waals surface area contributed by atoms with Gasteiger partial charge in [0.15, 0.2) is 0 Å². The van der Waals surface area contributed by atoms with Gasteiger partial charge < -0.3 is 4.74 Å². The molecule has 0 saturated carbocycles. The van der Waals surface area contributed by atoms with Crippen LogP contribution >= 0.6 is 35.0 Å². The van der Waals surface area contributed by atoms with Crippen LogP contribution in [0.15, 0.2) is 77.7 Å². The van der Waals surface area contributed by atoms with Crippen molar-refractivity contribution in [3.63, 3.8) is 0 Å². The van der Waals surface area contributed by atoms with Crippen LogP contribution in [0, 0.1) is 0 Å². The lowest BCUT2D eigenvalue weighted by Crippen LogP contribution is -2.27. The van der Waals surface area contributed by atoms with Crippen molar-refractivity contribution in [2.75, 3.05) is 0 Å². The van der Waals surface area contributed by atoms with Crippen LogP contribution in [0.25, 0.3) is 6.08 Å². The fourth-order valence-corrected chi connectivity index (χ4v) is 4.19. The van der Waals surface area contributed by atoms with Gasteiger partial charge in [0.2, 0.25) is 0 Å². The molecule has 0 aromatic heterocycles. The predicted octanol–water partition coefficient (Wildman–Crippen LogP) is 6.81. The molecule has 1 aliphatic rings.